The number of benzene rings is 1. The van der Waals surface area contributed by atoms with Crippen LogP contribution < -0.4 is 14.4 Å². The summed E-state index contributed by atoms with van der Waals surface area (Å²) in [6, 6.07) is 5.61. The molecule has 0 aliphatic carbocycles. The number of likely N-dealkylation sites (N-methyl/N-ethyl adjacent to an activating group) is 1. The van der Waals surface area contributed by atoms with E-state index in [-0.39, 0.29) is 5.91 Å². The molecule has 2 rings (SSSR count). The lowest BCUT2D eigenvalue weighted by atomic mass is 10.2. The minimum absolute atomic E-state index is 0.0740. The SMILES string of the molecule is CC[NH+]1CCN(C(=O)/C=C/c2ccc(OC)c(OC)c2)CC1. The summed E-state index contributed by atoms with van der Waals surface area (Å²) in [7, 11) is 3.21. The summed E-state index contributed by atoms with van der Waals surface area (Å²) < 4.78 is 10.5. The molecule has 0 aromatic heterocycles. The van der Waals surface area contributed by atoms with Gasteiger partial charge < -0.3 is 19.3 Å². The average Bonchev–Trinajstić information content (AvgIpc) is 2.59. The standard InChI is InChI=1S/C17H24N2O3/c1-4-18-9-11-19(12-10-18)17(20)8-6-14-5-7-15(21-2)16(13-14)22-3/h5-8,13H,4,9-12H2,1-3H3/p+1/b8-6+. The minimum Gasteiger partial charge on any atom is -0.493 e. The van der Waals surface area contributed by atoms with Crippen molar-refractivity contribution >= 4 is 12.0 Å². The molecule has 0 radical (unpaired) electrons. The van der Waals surface area contributed by atoms with Crippen LogP contribution in [0, 0.1) is 0 Å². The van der Waals surface area contributed by atoms with Crippen LogP contribution in [0.25, 0.3) is 6.08 Å². The third kappa shape index (κ3) is 4.01. The molecule has 22 heavy (non-hydrogen) atoms. The van der Waals surface area contributed by atoms with Crippen molar-refractivity contribution in [1.82, 2.24) is 4.90 Å². The summed E-state index contributed by atoms with van der Waals surface area (Å²) in [5, 5.41) is 0. The molecule has 1 aromatic carbocycles. The Bertz CT molecular complexity index is 535. The predicted octanol–water partition coefficient (Wildman–Crippen LogP) is 0.464. The number of carbonyl (C=O) groups is 1. The topological polar surface area (TPSA) is 43.2 Å². The summed E-state index contributed by atoms with van der Waals surface area (Å²) in [5.74, 6) is 1.42. The third-order valence-electron chi connectivity index (χ3n) is 4.11. The molecule has 1 aromatic rings. The van der Waals surface area contributed by atoms with Crippen LogP contribution in [0.1, 0.15) is 12.5 Å². The molecule has 1 amide bonds. The van der Waals surface area contributed by atoms with Crippen molar-refractivity contribution in [3.05, 3.63) is 29.8 Å². The summed E-state index contributed by atoms with van der Waals surface area (Å²) in [6.07, 6.45) is 3.46. The smallest absolute Gasteiger partial charge is 0.246 e. The van der Waals surface area contributed by atoms with Gasteiger partial charge in [0.1, 0.15) is 0 Å². The van der Waals surface area contributed by atoms with Gasteiger partial charge in [0.05, 0.1) is 46.9 Å². The van der Waals surface area contributed by atoms with Gasteiger partial charge in [-0.2, -0.15) is 0 Å². The minimum atomic E-state index is 0.0740. The second-order valence-electron chi connectivity index (χ2n) is 5.38. The first-order valence-corrected chi connectivity index (χ1v) is 7.70. The van der Waals surface area contributed by atoms with Gasteiger partial charge in [-0.3, -0.25) is 4.79 Å². The van der Waals surface area contributed by atoms with Gasteiger partial charge in [-0.15, -0.1) is 0 Å². The second kappa shape index (κ2) is 7.84. The van der Waals surface area contributed by atoms with Crippen molar-refractivity contribution in [2.75, 3.05) is 46.9 Å². The van der Waals surface area contributed by atoms with Crippen molar-refractivity contribution in [3.8, 4) is 11.5 Å². The van der Waals surface area contributed by atoms with E-state index in [1.807, 2.05) is 29.2 Å². The molecule has 1 N–H and O–H groups in total. The zero-order valence-electron chi connectivity index (χ0n) is 13.6. The fourth-order valence-electron chi connectivity index (χ4n) is 2.63. The number of methoxy groups -OCH3 is 2. The average molecular weight is 305 g/mol. The molecule has 1 fully saturated rings. The van der Waals surface area contributed by atoms with Crippen LogP contribution in [0.4, 0.5) is 0 Å². The molecule has 0 unspecified atom stereocenters. The predicted molar refractivity (Wildman–Crippen MR) is 86.4 cm³/mol. The van der Waals surface area contributed by atoms with Crippen LogP contribution in [0.2, 0.25) is 0 Å². The number of nitrogens with zero attached hydrogens (tertiary/aromatic N) is 1. The number of rotatable bonds is 5. The van der Waals surface area contributed by atoms with E-state index >= 15 is 0 Å². The quantitative estimate of drug-likeness (QED) is 0.804. The number of nitrogens with one attached hydrogen (secondary N) is 1. The van der Waals surface area contributed by atoms with Crippen molar-refractivity contribution < 1.29 is 19.2 Å². The van der Waals surface area contributed by atoms with Crippen LogP contribution in [0.3, 0.4) is 0 Å². The van der Waals surface area contributed by atoms with Gasteiger partial charge in [0.25, 0.3) is 0 Å². The van der Waals surface area contributed by atoms with Gasteiger partial charge in [0.15, 0.2) is 11.5 Å². The zero-order valence-corrected chi connectivity index (χ0v) is 13.6. The van der Waals surface area contributed by atoms with E-state index in [2.05, 4.69) is 6.92 Å². The maximum Gasteiger partial charge on any atom is 0.246 e. The Balaban J connectivity index is 1.98. The molecule has 0 atom stereocenters. The lowest BCUT2D eigenvalue weighted by Crippen LogP contribution is -3.14. The largest absolute Gasteiger partial charge is 0.493 e. The van der Waals surface area contributed by atoms with E-state index in [0.29, 0.717) is 11.5 Å². The molecule has 1 aliphatic rings. The van der Waals surface area contributed by atoms with Crippen LogP contribution in [0.15, 0.2) is 24.3 Å². The number of hydrogen-bond acceptors (Lipinski definition) is 3. The van der Waals surface area contributed by atoms with Crippen LogP contribution in [-0.4, -0.2) is 57.8 Å². The summed E-state index contributed by atoms with van der Waals surface area (Å²) in [6.45, 7) is 7.04. The Morgan fingerprint density at radius 1 is 1.23 bits per heavy atom. The van der Waals surface area contributed by atoms with Crippen LogP contribution in [-0.2, 0) is 4.79 Å². The van der Waals surface area contributed by atoms with E-state index in [1.54, 1.807) is 25.2 Å². The first kappa shape index (κ1) is 16.4. The van der Waals surface area contributed by atoms with E-state index in [0.717, 1.165) is 38.3 Å². The Kier molecular flexibility index (Phi) is 5.83. The highest BCUT2D eigenvalue weighted by Gasteiger charge is 2.20. The Labute approximate surface area is 132 Å². The highest BCUT2D eigenvalue weighted by atomic mass is 16.5. The molecule has 120 valence electrons. The summed E-state index contributed by atoms with van der Waals surface area (Å²) >= 11 is 0. The Hall–Kier alpha value is -2.01. The Morgan fingerprint density at radius 3 is 2.50 bits per heavy atom. The van der Waals surface area contributed by atoms with Crippen LogP contribution in [0.5, 0.6) is 11.5 Å². The number of hydrogen-bond donors (Lipinski definition) is 1. The van der Waals surface area contributed by atoms with Crippen LogP contribution >= 0.6 is 0 Å². The maximum atomic E-state index is 12.2. The van der Waals surface area contributed by atoms with E-state index in [9.17, 15) is 4.79 Å². The highest BCUT2D eigenvalue weighted by Crippen LogP contribution is 2.27. The number of carbonyl (C=O) groups excluding carboxylic acids is 1. The van der Waals surface area contributed by atoms with Gasteiger partial charge in [-0.25, -0.2) is 0 Å². The molecule has 0 spiro atoms. The molecule has 1 saturated heterocycles. The van der Waals surface area contributed by atoms with Gasteiger partial charge in [-0.05, 0) is 30.7 Å². The number of ether oxygens (including phenoxy) is 2. The van der Waals surface area contributed by atoms with Crippen molar-refractivity contribution in [2.45, 2.75) is 6.92 Å². The lowest BCUT2D eigenvalue weighted by Gasteiger charge is -2.30. The van der Waals surface area contributed by atoms with E-state index in [4.69, 9.17) is 9.47 Å². The van der Waals surface area contributed by atoms with Gasteiger partial charge in [-0.1, -0.05) is 6.07 Å². The first-order chi connectivity index (χ1) is 10.7. The highest BCUT2D eigenvalue weighted by molar-refractivity contribution is 5.91. The summed E-state index contributed by atoms with van der Waals surface area (Å²) in [4.78, 5) is 15.7. The lowest BCUT2D eigenvalue weighted by molar-refractivity contribution is -0.902. The molecular weight excluding hydrogens is 280 g/mol. The number of piperazine rings is 1. The second-order valence-corrected chi connectivity index (χ2v) is 5.38. The van der Waals surface area contributed by atoms with Crippen molar-refractivity contribution in [3.63, 3.8) is 0 Å². The zero-order chi connectivity index (χ0) is 15.9. The van der Waals surface area contributed by atoms with Gasteiger partial charge >= 0.3 is 0 Å². The Morgan fingerprint density at radius 2 is 1.91 bits per heavy atom. The fourth-order valence-corrected chi connectivity index (χ4v) is 2.63. The van der Waals surface area contributed by atoms with Gasteiger partial charge in [0.2, 0.25) is 5.91 Å². The molecular formula is C17H25N2O3+. The fraction of sp³-hybridized carbons (Fsp3) is 0.471. The molecule has 1 aliphatic heterocycles. The monoisotopic (exact) mass is 305 g/mol. The van der Waals surface area contributed by atoms with Gasteiger partial charge in [0, 0.05) is 6.08 Å². The normalized spacial score (nSPS) is 16.0. The third-order valence-corrected chi connectivity index (χ3v) is 4.11. The maximum absolute atomic E-state index is 12.2. The van der Waals surface area contributed by atoms with Crippen molar-refractivity contribution in [1.29, 1.82) is 0 Å². The molecule has 0 saturated carbocycles. The van der Waals surface area contributed by atoms with E-state index in [1.165, 1.54) is 0 Å². The number of amides is 1. The molecule has 5 nitrogen and oxygen atoms in total. The molecule has 0 bridgehead atoms. The number of quaternary nitrogens is 1. The van der Waals surface area contributed by atoms with E-state index < -0.39 is 0 Å². The summed E-state index contributed by atoms with van der Waals surface area (Å²) in [5.41, 5.74) is 0.920. The first-order valence-electron chi connectivity index (χ1n) is 7.70. The molecule has 5 heteroatoms. The van der Waals surface area contributed by atoms with Crippen molar-refractivity contribution in [2.24, 2.45) is 0 Å². The molecule has 1 heterocycles.